The molecule has 140 valence electrons. The van der Waals surface area contributed by atoms with E-state index in [4.69, 9.17) is 0 Å². The lowest BCUT2D eigenvalue weighted by Crippen LogP contribution is -2.55. The number of aromatic nitrogens is 2. The Hall–Kier alpha value is -2.26. The Kier molecular flexibility index (Phi) is 6.27. The Morgan fingerprint density at radius 3 is 2.84 bits per heavy atom. The van der Waals surface area contributed by atoms with E-state index in [0.29, 0.717) is 25.8 Å². The maximum absolute atomic E-state index is 12.5. The summed E-state index contributed by atoms with van der Waals surface area (Å²) < 4.78 is 39.0. The van der Waals surface area contributed by atoms with Gasteiger partial charge >= 0.3 is 12.2 Å². The normalized spacial score (nSPS) is 18.3. The van der Waals surface area contributed by atoms with Crippen molar-refractivity contribution >= 4 is 11.9 Å². The molecule has 1 atom stereocenters. The van der Waals surface area contributed by atoms with Crippen molar-refractivity contribution in [3.63, 3.8) is 0 Å². The Morgan fingerprint density at radius 2 is 2.20 bits per heavy atom. The second-order valence-electron chi connectivity index (χ2n) is 6.10. The molecule has 1 aromatic heterocycles. The van der Waals surface area contributed by atoms with Crippen LogP contribution in [0.15, 0.2) is 12.4 Å². The first-order valence-corrected chi connectivity index (χ1v) is 8.12. The standard InChI is InChI=1S/C15H22F3N5O2/c1-22-9-11(8-20-22)4-2-6-19-14(25)21-12-5-3-7-23(13(12)24)10-15(16,17)18/h8-9,12H,2-7,10H2,1H3,(H2,19,21,25). The summed E-state index contributed by atoms with van der Waals surface area (Å²) >= 11 is 0. The summed E-state index contributed by atoms with van der Waals surface area (Å²) in [5, 5.41) is 9.13. The molecule has 2 rings (SSSR count). The molecule has 0 radical (unpaired) electrons. The highest BCUT2D eigenvalue weighted by Gasteiger charge is 2.37. The van der Waals surface area contributed by atoms with Gasteiger partial charge in [0.25, 0.3) is 0 Å². The number of urea groups is 1. The van der Waals surface area contributed by atoms with Crippen LogP contribution in [0.1, 0.15) is 24.8 Å². The molecule has 3 amide bonds. The van der Waals surface area contributed by atoms with E-state index < -0.39 is 30.7 Å². The Balaban J connectivity index is 1.71. The monoisotopic (exact) mass is 361 g/mol. The number of carbonyl (C=O) groups excluding carboxylic acids is 2. The Labute approximate surface area is 143 Å². The third kappa shape index (κ3) is 6.28. The van der Waals surface area contributed by atoms with Gasteiger partial charge in [-0.1, -0.05) is 0 Å². The molecule has 0 saturated carbocycles. The fourth-order valence-corrected chi connectivity index (χ4v) is 2.75. The number of nitrogens with one attached hydrogen (secondary N) is 2. The summed E-state index contributed by atoms with van der Waals surface area (Å²) in [4.78, 5) is 24.6. The quantitative estimate of drug-likeness (QED) is 0.748. The van der Waals surface area contributed by atoms with Crippen LogP contribution in [0.2, 0.25) is 0 Å². The number of nitrogens with zero attached hydrogens (tertiary/aromatic N) is 3. The number of piperidine rings is 1. The molecule has 0 spiro atoms. The van der Waals surface area contributed by atoms with E-state index in [2.05, 4.69) is 15.7 Å². The maximum Gasteiger partial charge on any atom is 0.406 e. The molecule has 25 heavy (non-hydrogen) atoms. The second-order valence-corrected chi connectivity index (χ2v) is 6.10. The molecule has 1 fully saturated rings. The summed E-state index contributed by atoms with van der Waals surface area (Å²) in [7, 11) is 1.82. The van der Waals surface area contributed by atoms with Crippen molar-refractivity contribution in [2.45, 2.75) is 37.9 Å². The molecule has 7 nitrogen and oxygen atoms in total. The average molecular weight is 361 g/mol. The number of likely N-dealkylation sites (tertiary alicyclic amines) is 1. The van der Waals surface area contributed by atoms with Gasteiger partial charge in [0.1, 0.15) is 12.6 Å². The fraction of sp³-hybridized carbons (Fsp3) is 0.667. The van der Waals surface area contributed by atoms with Crippen LogP contribution >= 0.6 is 0 Å². The molecule has 1 aliphatic heterocycles. The lowest BCUT2D eigenvalue weighted by Gasteiger charge is -2.33. The Bertz CT molecular complexity index is 602. The van der Waals surface area contributed by atoms with Crippen LogP contribution in [0.4, 0.5) is 18.0 Å². The Morgan fingerprint density at radius 1 is 1.44 bits per heavy atom. The van der Waals surface area contributed by atoms with Crippen LogP contribution in [0, 0.1) is 0 Å². The predicted octanol–water partition coefficient (Wildman–Crippen LogP) is 1.21. The number of rotatable bonds is 6. The molecule has 1 saturated heterocycles. The maximum atomic E-state index is 12.5. The first kappa shape index (κ1) is 19.1. The van der Waals surface area contributed by atoms with E-state index >= 15 is 0 Å². The molecule has 1 unspecified atom stereocenters. The highest BCUT2D eigenvalue weighted by atomic mass is 19.4. The lowest BCUT2D eigenvalue weighted by atomic mass is 10.0. The molecule has 0 aromatic carbocycles. The third-order valence-corrected chi connectivity index (χ3v) is 3.89. The molecule has 2 N–H and O–H groups in total. The van der Waals surface area contributed by atoms with Crippen molar-refractivity contribution in [1.29, 1.82) is 0 Å². The molecule has 1 aromatic rings. The van der Waals surface area contributed by atoms with Gasteiger partial charge in [-0.2, -0.15) is 18.3 Å². The van der Waals surface area contributed by atoms with Crippen molar-refractivity contribution < 1.29 is 22.8 Å². The van der Waals surface area contributed by atoms with Gasteiger partial charge < -0.3 is 15.5 Å². The van der Waals surface area contributed by atoms with Gasteiger partial charge in [0, 0.05) is 26.3 Å². The van der Waals surface area contributed by atoms with E-state index in [1.54, 1.807) is 10.9 Å². The topological polar surface area (TPSA) is 79.3 Å². The molecule has 2 heterocycles. The van der Waals surface area contributed by atoms with Crippen molar-refractivity contribution in [3.05, 3.63) is 18.0 Å². The number of aryl methyl sites for hydroxylation is 2. The zero-order valence-electron chi connectivity index (χ0n) is 14.0. The minimum atomic E-state index is -4.44. The SMILES string of the molecule is Cn1cc(CCCNC(=O)NC2CCCN(CC(F)(F)F)C2=O)cn1. The summed E-state index contributed by atoms with van der Waals surface area (Å²) in [5.74, 6) is -0.686. The highest BCUT2D eigenvalue weighted by molar-refractivity contribution is 5.87. The summed E-state index contributed by atoms with van der Waals surface area (Å²) in [6.45, 7) is -0.825. The minimum Gasteiger partial charge on any atom is -0.338 e. The number of alkyl halides is 3. The van der Waals surface area contributed by atoms with Crippen LogP contribution in [-0.2, 0) is 18.3 Å². The second kappa shape index (κ2) is 8.21. The predicted molar refractivity (Wildman–Crippen MR) is 83.7 cm³/mol. The van der Waals surface area contributed by atoms with Crippen molar-refractivity contribution in [2.75, 3.05) is 19.6 Å². The number of hydrogen-bond donors (Lipinski definition) is 2. The minimum absolute atomic E-state index is 0.0588. The third-order valence-electron chi connectivity index (χ3n) is 3.89. The fourth-order valence-electron chi connectivity index (χ4n) is 2.75. The zero-order chi connectivity index (χ0) is 18.4. The molecule has 1 aliphatic rings. The van der Waals surface area contributed by atoms with Crippen molar-refractivity contribution in [1.82, 2.24) is 25.3 Å². The highest BCUT2D eigenvalue weighted by Crippen LogP contribution is 2.20. The largest absolute Gasteiger partial charge is 0.406 e. The van der Waals surface area contributed by atoms with Crippen LogP contribution in [0.25, 0.3) is 0 Å². The first-order valence-electron chi connectivity index (χ1n) is 8.12. The van der Waals surface area contributed by atoms with Crippen LogP contribution in [-0.4, -0.2) is 58.5 Å². The zero-order valence-corrected chi connectivity index (χ0v) is 14.0. The summed E-state index contributed by atoms with van der Waals surface area (Å²) in [6, 6.07) is -1.45. The summed E-state index contributed by atoms with van der Waals surface area (Å²) in [6.07, 6.45) is 1.40. The number of hydrogen-bond acceptors (Lipinski definition) is 3. The number of carbonyl (C=O) groups is 2. The molecular weight excluding hydrogens is 339 g/mol. The smallest absolute Gasteiger partial charge is 0.338 e. The van der Waals surface area contributed by atoms with Gasteiger partial charge in [0.05, 0.1) is 6.20 Å². The van der Waals surface area contributed by atoms with Crippen molar-refractivity contribution in [2.24, 2.45) is 7.05 Å². The first-order chi connectivity index (χ1) is 11.7. The van der Waals surface area contributed by atoms with Gasteiger partial charge in [-0.3, -0.25) is 9.48 Å². The number of halogens is 3. The average Bonchev–Trinajstić information content (AvgIpc) is 2.92. The number of amides is 3. The van der Waals surface area contributed by atoms with Gasteiger partial charge in [-0.05, 0) is 31.2 Å². The molecule has 0 aliphatic carbocycles. The van der Waals surface area contributed by atoms with Gasteiger partial charge in [-0.25, -0.2) is 4.79 Å². The van der Waals surface area contributed by atoms with Crippen LogP contribution in [0.3, 0.4) is 0 Å². The molecule has 10 heteroatoms. The van der Waals surface area contributed by atoms with Crippen LogP contribution < -0.4 is 10.6 Å². The van der Waals surface area contributed by atoms with E-state index in [-0.39, 0.29) is 6.54 Å². The van der Waals surface area contributed by atoms with E-state index in [1.807, 2.05) is 13.2 Å². The molecule has 0 bridgehead atoms. The van der Waals surface area contributed by atoms with Gasteiger partial charge in [0.15, 0.2) is 0 Å². The van der Waals surface area contributed by atoms with E-state index in [9.17, 15) is 22.8 Å². The molecular formula is C15H22F3N5O2. The van der Waals surface area contributed by atoms with Gasteiger partial charge in [-0.15, -0.1) is 0 Å². The van der Waals surface area contributed by atoms with Crippen LogP contribution in [0.5, 0.6) is 0 Å². The van der Waals surface area contributed by atoms with Gasteiger partial charge in [0.2, 0.25) is 5.91 Å². The summed E-state index contributed by atoms with van der Waals surface area (Å²) in [5.41, 5.74) is 1.05. The van der Waals surface area contributed by atoms with E-state index in [0.717, 1.165) is 16.9 Å². The van der Waals surface area contributed by atoms with E-state index in [1.165, 1.54) is 0 Å². The lowest BCUT2D eigenvalue weighted by molar-refractivity contribution is -0.164. The van der Waals surface area contributed by atoms with Crippen molar-refractivity contribution in [3.8, 4) is 0 Å².